The highest BCUT2D eigenvalue weighted by Crippen LogP contribution is 2.38. The van der Waals surface area contributed by atoms with Crippen LogP contribution in [0.3, 0.4) is 0 Å². The normalized spacial score (nSPS) is 11.2. The van der Waals surface area contributed by atoms with E-state index in [9.17, 15) is 19.3 Å². The third kappa shape index (κ3) is 5.83. The molecule has 0 unspecified atom stereocenters. The zero-order valence-corrected chi connectivity index (χ0v) is 21.6. The zero-order chi connectivity index (χ0) is 26.5. The van der Waals surface area contributed by atoms with Gasteiger partial charge in [-0.3, -0.25) is 14.9 Å². The van der Waals surface area contributed by atoms with Gasteiger partial charge in [0, 0.05) is 22.5 Å². The Bertz CT molecular complexity index is 1550. The highest BCUT2D eigenvalue weighted by atomic mass is 79.9. The van der Waals surface area contributed by atoms with Gasteiger partial charge in [-0.25, -0.2) is 9.37 Å². The van der Waals surface area contributed by atoms with Crippen LogP contribution in [0.5, 0.6) is 11.5 Å². The van der Waals surface area contributed by atoms with Crippen LogP contribution >= 0.6 is 15.9 Å². The van der Waals surface area contributed by atoms with E-state index < -0.39 is 10.7 Å². The van der Waals surface area contributed by atoms with Crippen molar-refractivity contribution in [3.8, 4) is 11.5 Å². The van der Waals surface area contributed by atoms with Crippen LogP contribution in [-0.2, 0) is 13.0 Å². The Morgan fingerprint density at radius 1 is 1.14 bits per heavy atom. The molecular weight excluding hydrogens is 547 g/mol. The van der Waals surface area contributed by atoms with E-state index in [1.54, 1.807) is 31.2 Å². The molecule has 4 aromatic rings. The molecule has 0 aliphatic carbocycles. The van der Waals surface area contributed by atoms with E-state index in [0.717, 1.165) is 4.47 Å². The minimum atomic E-state index is -0.585. The SMILES string of the molecule is CCOc1cc(C=Nn2c(CC)nc3ccc(Br)cc3c2=O)cc([N+](=O)[O-])c1OCc1ccc(F)cc1. The highest BCUT2D eigenvalue weighted by Gasteiger charge is 2.23. The van der Waals surface area contributed by atoms with Crippen LogP contribution < -0.4 is 15.0 Å². The molecule has 1 aromatic heterocycles. The summed E-state index contributed by atoms with van der Waals surface area (Å²) < 4.78 is 26.5. The average Bonchev–Trinajstić information content (AvgIpc) is 2.88. The lowest BCUT2D eigenvalue weighted by Crippen LogP contribution is -2.22. The number of halogens is 2. The Kier molecular flexibility index (Phi) is 7.92. The van der Waals surface area contributed by atoms with E-state index in [0.29, 0.717) is 34.3 Å². The van der Waals surface area contributed by atoms with Crippen LogP contribution in [0.25, 0.3) is 10.9 Å². The summed E-state index contributed by atoms with van der Waals surface area (Å²) in [6, 6.07) is 13.7. The van der Waals surface area contributed by atoms with Crippen molar-refractivity contribution >= 4 is 38.7 Å². The van der Waals surface area contributed by atoms with Crippen molar-refractivity contribution in [2.24, 2.45) is 5.10 Å². The number of fused-ring (bicyclic) bond motifs is 1. The van der Waals surface area contributed by atoms with Gasteiger partial charge >= 0.3 is 5.69 Å². The Labute approximate surface area is 219 Å². The summed E-state index contributed by atoms with van der Waals surface area (Å²) in [5.41, 5.74) is 0.808. The number of hydrogen-bond acceptors (Lipinski definition) is 7. The predicted octanol–water partition coefficient (Wildman–Crippen LogP) is 5.63. The molecule has 0 radical (unpaired) electrons. The first-order chi connectivity index (χ1) is 17.8. The fourth-order valence-electron chi connectivity index (χ4n) is 3.63. The van der Waals surface area contributed by atoms with E-state index >= 15 is 0 Å². The average molecular weight is 569 g/mol. The van der Waals surface area contributed by atoms with E-state index in [1.165, 1.54) is 41.2 Å². The second-order valence-corrected chi connectivity index (χ2v) is 8.79. The zero-order valence-electron chi connectivity index (χ0n) is 20.0. The molecule has 4 rings (SSSR count). The number of hydrogen-bond donors (Lipinski definition) is 0. The fourth-order valence-corrected chi connectivity index (χ4v) is 3.99. The molecular formula is C26H22BrFN4O5. The van der Waals surface area contributed by atoms with Gasteiger partial charge in [0.15, 0.2) is 5.75 Å². The first-order valence-electron chi connectivity index (χ1n) is 11.4. The molecule has 9 nitrogen and oxygen atoms in total. The van der Waals surface area contributed by atoms with Crippen molar-refractivity contribution in [3.63, 3.8) is 0 Å². The largest absolute Gasteiger partial charge is 0.490 e. The second kappa shape index (κ2) is 11.3. The Morgan fingerprint density at radius 3 is 2.57 bits per heavy atom. The molecule has 0 fully saturated rings. The van der Waals surface area contributed by atoms with Crippen LogP contribution in [0.4, 0.5) is 10.1 Å². The predicted molar refractivity (Wildman–Crippen MR) is 141 cm³/mol. The number of rotatable bonds is 9. The minimum absolute atomic E-state index is 0.0256. The van der Waals surface area contributed by atoms with E-state index in [4.69, 9.17) is 9.47 Å². The first-order valence-corrected chi connectivity index (χ1v) is 12.2. The maximum atomic E-state index is 13.2. The Morgan fingerprint density at radius 2 is 1.89 bits per heavy atom. The van der Waals surface area contributed by atoms with E-state index in [1.807, 2.05) is 6.92 Å². The van der Waals surface area contributed by atoms with Crippen LogP contribution in [0.1, 0.15) is 30.8 Å². The van der Waals surface area contributed by atoms with Crippen molar-refractivity contribution in [1.82, 2.24) is 9.66 Å². The number of ether oxygens (including phenoxy) is 2. The molecule has 3 aromatic carbocycles. The number of aryl methyl sites for hydroxylation is 1. The molecule has 0 aliphatic rings. The van der Waals surface area contributed by atoms with Crippen molar-refractivity contribution in [2.75, 3.05) is 6.61 Å². The quantitative estimate of drug-likeness (QED) is 0.147. The lowest BCUT2D eigenvalue weighted by atomic mass is 10.1. The number of nitro benzene ring substituents is 1. The van der Waals surface area contributed by atoms with Gasteiger partial charge in [0.1, 0.15) is 18.2 Å². The van der Waals surface area contributed by atoms with Gasteiger partial charge in [0.25, 0.3) is 5.56 Å². The summed E-state index contributed by atoms with van der Waals surface area (Å²) in [6.45, 7) is 3.79. The summed E-state index contributed by atoms with van der Waals surface area (Å²) >= 11 is 3.36. The molecule has 1 heterocycles. The molecule has 11 heteroatoms. The third-order valence-electron chi connectivity index (χ3n) is 5.36. The summed E-state index contributed by atoms with van der Waals surface area (Å²) in [7, 11) is 0. The molecule has 0 spiro atoms. The van der Waals surface area contributed by atoms with Crippen molar-refractivity contribution in [2.45, 2.75) is 26.9 Å². The molecule has 0 amide bonds. The van der Waals surface area contributed by atoms with Crippen LogP contribution in [0, 0.1) is 15.9 Å². The number of nitrogens with zero attached hydrogens (tertiary/aromatic N) is 4. The van der Waals surface area contributed by atoms with Gasteiger partial charge in [-0.15, -0.1) is 0 Å². The molecule has 0 aliphatic heterocycles. The first kappa shape index (κ1) is 26.0. The second-order valence-electron chi connectivity index (χ2n) is 7.88. The van der Waals surface area contributed by atoms with Gasteiger partial charge in [0.05, 0.1) is 28.6 Å². The van der Waals surface area contributed by atoms with Crippen molar-refractivity contribution in [3.05, 3.63) is 102 Å². The molecule has 0 saturated heterocycles. The third-order valence-corrected chi connectivity index (χ3v) is 5.86. The van der Waals surface area contributed by atoms with Crippen LogP contribution in [0.2, 0.25) is 0 Å². The van der Waals surface area contributed by atoms with Gasteiger partial charge in [-0.1, -0.05) is 35.0 Å². The summed E-state index contributed by atoms with van der Waals surface area (Å²) in [4.78, 5) is 29.0. The summed E-state index contributed by atoms with van der Waals surface area (Å²) in [6.07, 6.45) is 1.78. The topological polar surface area (TPSA) is 109 Å². The standard InChI is InChI=1S/C26H22BrFN4O5/c1-3-24-30-21-10-7-18(27)13-20(21)26(33)31(24)29-14-17-11-22(32(34)35)25(23(12-17)36-4-2)37-15-16-5-8-19(28)9-6-16/h5-14H,3-4,15H2,1-2H3. The number of nitro groups is 1. The maximum absolute atomic E-state index is 13.2. The minimum Gasteiger partial charge on any atom is -0.490 e. The Balaban J connectivity index is 1.74. The summed E-state index contributed by atoms with van der Waals surface area (Å²) in [5.74, 6) is 0.128. The molecule has 37 heavy (non-hydrogen) atoms. The molecule has 0 saturated carbocycles. The van der Waals surface area contributed by atoms with E-state index in [2.05, 4.69) is 26.0 Å². The number of benzene rings is 3. The Hall–Kier alpha value is -4.12. The van der Waals surface area contributed by atoms with Crippen LogP contribution in [0.15, 0.2) is 69.0 Å². The highest BCUT2D eigenvalue weighted by molar-refractivity contribution is 9.10. The fraction of sp³-hybridized carbons (Fsp3) is 0.192. The smallest absolute Gasteiger partial charge is 0.315 e. The van der Waals surface area contributed by atoms with Crippen molar-refractivity contribution in [1.29, 1.82) is 0 Å². The maximum Gasteiger partial charge on any atom is 0.315 e. The molecule has 0 N–H and O–H groups in total. The van der Waals surface area contributed by atoms with Gasteiger partial charge in [0.2, 0.25) is 5.75 Å². The van der Waals surface area contributed by atoms with E-state index in [-0.39, 0.29) is 36.0 Å². The molecule has 190 valence electrons. The van der Waals surface area contributed by atoms with Gasteiger partial charge < -0.3 is 9.47 Å². The van der Waals surface area contributed by atoms with Crippen LogP contribution in [-0.4, -0.2) is 27.4 Å². The lowest BCUT2D eigenvalue weighted by molar-refractivity contribution is -0.386. The number of aromatic nitrogens is 2. The van der Waals surface area contributed by atoms with Crippen molar-refractivity contribution < 1.29 is 18.8 Å². The molecule has 0 bridgehead atoms. The lowest BCUT2D eigenvalue weighted by Gasteiger charge is -2.13. The summed E-state index contributed by atoms with van der Waals surface area (Å²) in [5, 5.41) is 16.6. The molecule has 0 atom stereocenters. The van der Waals surface area contributed by atoms with Gasteiger partial charge in [-0.2, -0.15) is 9.78 Å². The monoisotopic (exact) mass is 568 g/mol. The van der Waals surface area contributed by atoms with Gasteiger partial charge in [-0.05, 0) is 48.9 Å².